The van der Waals surface area contributed by atoms with Crippen molar-refractivity contribution in [3.63, 3.8) is 0 Å². The second kappa shape index (κ2) is 9.88. The zero-order chi connectivity index (χ0) is 25.3. The van der Waals surface area contributed by atoms with E-state index in [2.05, 4.69) is 27.5 Å². The summed E-state index contributed by atoms with van der Waals surface area (Å²) in [5.74, 6) is -0.142. The third-order valence-electron chi connectivity index (χ3n) is 8.41. The minimum absolute atomic E-state index is 0.0223. The molecule has 0 aliphatic heterocycles. The molecular weight excluding hydrogens is 474 g/mol. The largest absolute Gasteiger partial charge is 0.396 e. The predicted molar refractivity (Wildman–Crippen MR) is 139 cm³/mol. The van der Waals surface area contributed by atoms with Crippen molar-refractivity contribution in [3.8, 4) is 0 Å². The molecule has 1 saturated carbocycles. The van der Waals surface area contributed by atoms with E-state index < -0.39 is 11.5 Å². The van der Waals surface area contributed by atoms with Gasteiger partial charge in [0, 0.05) is 47.8 Å². The highest BCUT2D eigenvalue weighted by Crippen LogP contribution is 2.62. The van der Waals surface area contributed by atoms with E-state index in [1.54, 1.807) is 36.1 Å². The number of carbonyl (C=O) groups excluding carboxylic acids is 1. The van der Waals surface area contributed by atoms with Crippen LogP contribution in [0.1, 0.15) is 55.2 Å². The fraction of sp³-hybridized carbons (Fsp3) is 0.481. The average Bonchev–Trinajstić information content (AvgIpc) is 3.29. The number of rotatable bonds is 7. The molecule has 4 N–H and O–H groups in total. The Bertz CT molecular complexity index is 1210. The smallest absolute Gasteiger partial charge is 0.220 e. The number of nitrogens with one attached hydrogen (secondary N) is 2. The molecule has 5 rings (SSSR count). The first-order valence-corrected chi connectivity index (χ1v) is 13.3. The summed E-state index contributed by atoms with van der Waals surface area (Å²) < 4.78 is 0. The Morgan fingerprint density at radius 2 is 1.97 bits per heavy atom. The predicted octanol–water partition coefficient (Wildman–Crippen LogP) is 3.80. The highest BCUT2D eigenvalue weighted by atomic mass is 32.1. The van der Waals surface area contributed by atoms with Gasteiger partial charge in [0.1, 0.15) is 0 Å². The maximum absolute atomic E-state index is 13.2. The lowest BCUT2D eigenvalue weighted by Crippen LogP contribution is -2.57. The number of fused-ring (bicyclic) bond motifs is 2. The van der Waals surface area contributed by atoms with Crippen molar-refractivity contribution in [2.75, 3.05) is 11.9 Å². The van der Waals surface area contributed by atoms with Gasteiger partial charge in [0.2, 0.25) is 5.91 Å². The summed E-state index contributed by atoms with van der Waals surface area (Å²) in [7, 11) is 0. The number of anilines is 2. The summed E-state index contributed by atoms with van der Waals surface area (Å²) in [5, 5.41) is 28.5. The topological polar surface area (TPSA) is 120 Å². The summed E-state index contributed by atoms with van der Waals surface area (Å²) >= 11 is 1.58. The van der Waals surface area contributed by atoms with Gasteiger partial charge in [-0.15, -0.1) is 11.3 Å². The van der Waals surface area contributed by atoms with E-state index in [1.165, 1.54) is 0 Å². The van der Waals surface area contributed by atoms with Crippen LogP contribution >= 0.6 is 11.3 Å². The Kier molecular flexibility index (Phi) is 6.80. The number of amides is 1. The van der Waals surface area contributed by atoms with E-state index >= 15 is 0 Å². The molecular formula is C27H33N5O3S. The zero-order valence-corrected chi connectivity index (χ0v) is 21.5. The number of aliphatic hydroxyl groups excluding tert-OH is 2. The maximum atomic E-state index is 13.2. The molecule has 0 radical (unpaired) electrons. The highest BCUT2D eigenvalue weighted by Gasteiger charge is 2.59. The molecule has 8 nitrogen and oxygen atoms in total. The van der Waals surface area contributed by atoms with E-state index in [0.29, 0.717) is 19.4 Å². The number of thiazole rings is 1. The molecule has 0 aromatic carbocycles. The lowest BCUT2D eigenvalue weighted by Gasteiger charge is -2.58. The van der Waals surface area contributed by atoms with E-state index in [1.807, 2.05) is 31.2 Å². The van der Waals surface area contributed by atoms with Gasteiger partial charge in [-0.3, -0.25) is 14.8 Å². The summed E-state index contributed by atoms with van der Waals surface area (Å²) in [4.78, 5) is 27.6. The fourth-order valence-electron chi connectivity index (χ4n) is 6.22. The van der Waals surface area contributed by atoms with Gasteiger partial charge in [0.15, 0.2) is 5.13 Å². The van der Waals surface area contributed by atoms with Crippen LogP contribution in [-0.4, -0.2) is 43.8 Å². The summed E-state index contributed by atoms with van der Waals surface area (Å²) in [5.41, 5.74) is 1.84. The van der Waals surface area contributed by atoms with Gasteiger partial charge >= 0.3 is 0 Å². The van der Waals surface area contributed by atoms with E-state index in [9.17, 15) is 15.0 Å². The Hall–Kier alpha value is -2.88. The lowest BCUT2D eigenvalue weighted by molar-refractivity contribution is -0.144. The number of aromatic nitrogens is 3. The maximum Gasteiger partial charge on any atom is 0.220 e. The molecule has 3 aromatic rings. The van der Waals surface area contributed by atoms with Gasteiger partial charge in [-0.1, -0.05) is 19.9 Å². The SMILES string of the molecule is CC1(CO)C(O)CCC2(C)C(CC(=O)NCc3cccnc3)c3nc(Nc4cccnc4)sc3CC12. The van der Waals surface area contributed by atoms with Crippen LogP contribution in [0.25, 0.3) is 0 Å². The molecule has 9 heteroatoms. The van der Waals surface area contributed by atoms with Crippen LogP contribution in [0, 0.1) is 16.7 Å². The van der Waals surface area contributed by atoms with Crippen molar-refractivity contribution in [1.29, 1.82) is 0 Å². The third kappa shape index (κ3) is 4.51. The first-order valence-electron chi connectivity index (χ1n) is 12.4. The zero-order valence-electron chi connectivity index (χ0n) is 20.6. The van der Waals surface area contributed by atoms with Crippen molar-refractivity contribution < 1.29 is 15.0 Å². The number of aliphatic hydroxyl groups is 2. The van der Waals surface area contributed by atoms with E-state index in [0.717, 1.165) is 39.8 Å². The molecule has 5 atom stereocenters. The van der Waals surface area contributed by atoms with Crippen LogP contribution in [0.4, 0.5) is 10.8 Å². The number of hydrogen-bond donors (Lipinski definition) is 4. The van der Waals surface area contributed by atoms with Crippen LogP contribution in [0.5, 0.6) is 0 Å². The van der Waals surface area contributed by atoms with Crippen LogP contribution in [-0.2, 0) is 17.8 Å². The number of pyridine rings is 2. The van der Waals surface area contributed by atoms with Crippen molar-refractivity contribution >= 4 is 28.1 Å². The Balaban J connectivity index is 1.46. The molecule has 5 unspecified atom stereocenters. The van der Waals surface area contributed by atoms with Crippen molar-refractivity contribution in [3.05, 3.63) is 65.2 Å². The molecule has 0 bridgehead atoms. The summed E-state index contributed by atoms with van der Waals surface area (Å²) in [6.07, 6.45) is 8.76. The van der Waals surface area contributed by atoms with Crippen molar-refractivity contribution in [2.24, 2.45) is 16.7 Å². The normalized spacial score (nSPS) is 29.2. The van der Waals surface area contributed by atoms with Gasteiger partial charge in [-0.2, -0.15) is 0 Å². The van der Waals surface area contributed by atoms with Gasteiger partial charge in [0.25, 0.3) is 0 Å². The molecule has 1 amide bonds. The van der Waals surface area contributed by atoms with Gasteiger partial charge in [-0.25, -0.2) is 4.98 Å². The van der Waals surface area contributed by atoms with Crippen LogP contribution in [0.15, 0.2) is 49.1 Å². The van der Waals surface area contributed by atoms with Gasteiger partial charge in [0.05, 0.1) is 30.3 Å². The molecule has 3 aromatic heterocycles. The van der Waals surface area contributed by atoms with Crippen LogP contribution in [0.2, 0.25) is 0 Å². The number of carbonyl (C=O) groups is 1. The monoisotopic (exact) mass is 507 g/mol. The third-order valence-corrected chi connectivity index (χ3v) is 9.42. The molecule has 2 aliphatic rings. The quantitative estimate of drug-likeness (QED) is 0.384. The van der Waals surface area contributed by atoms with E-state index in [4.69, 9.17) is 4.98 Å². The molecule has 0 spiro atoms. The van der Waals surface area contributed by atoms with Crippen molar-refractivity contribution in [1.82, 2.24) is 20.3 Å². The standard InChI is InChI=1S/C27H33N5O3S/c1-26-8-7-22(34)27(2,16-33)21(26)12-20-24(32-25(36-20)31-18-6-4-10-29-15-18)19(26)11-23(35)30-14-17-5-3-9-28-13-17/h3-6,9-10,13,15,19,21-22,33-34H,7-8,11-12,14,16H2,1-2H3,(H,30,35)(H,31,32). The van der Waals surface area contributed by atoms with Gasteiger partial charge in [-0.05, 0) is 54.4 Å². The molecule has 0 saturated heterocycles. The van der Waals surface area contributed by atoms with E-state index in [-0.39, 0.29) is 29.8 Å². The minimum atomic E-state index is -0.643. The number of hydrogen-bond acceptors (Lipinski definition) is 8. The van der Waals surface area contributed by atoms with Crippen molar-refractivity contribution in [2.45, 2.75) is 58.1 Å². The Morgan fingerprint density at radius 1 is 1.19 bits per heavy atom. The average molecular weight is 508 g/mol. The second-order valence-electron chi connectivity index (χ2n) is 10.6. The summed E-state index contributed by atoms with van der Waals surface area (Å²) in [6.45, 7) is 4.53. The molecule has 2 aliphatic carbocycles. The van der Waals surface area contributed by atoms with Gasteiger partial charge < -0.3 is 20.8 Å². The van der Waals surface area contributed by atoms with Crippen LogP contribution < -0.4 is 10.6 Å². The molecule has 190 valence electrons. The Labute approximate surface area is 215 Å². The lowest BCUT2D eigenvalue weighted by atomic mass is 9.47. The molecule has 36 heavy (non-hydrogen) atoms. The Morgan fingerprint density at radius 3 is 2.67 bits per heavy atom. The molecule has 1 fully saturated rings. The van der Waals surface area contributed by atoms with Crippen LogP contribution in [0.3, 0.4) is 0 Å². The summed E-state index contributed by atoms with van der Waals surface area (Å²) in [6, 6.07) is 7.61. The molecule has 3 heterocycles. The highest BCUT2D eigenvalue weighted by molar-refractivity contribution is 7.15. The first-order chi connectivity index (χ1) is 17.3. The number of nitrogens with zero attached hydrogens (tertiary/aromatic N) is 3. The fourth-order valence-corrected chi connectivity index (χ4v) is 7.31. The minimum Gasteiger partial charge on any atom is -0.396 e. The first kappa shape index (κ1) is 24.8. The second-order valence-corrected chi connectivity index (χ2v) is 11.7.